The molecule has 3 aromatic rings. The lowest BCUT2D eigenvalue weighted by atomic mass is 10.1. The molecule has 2 aromatic carbocycles. The summed E-state index contributed by atoms with van der Waals surface area (Å²) in [5.41, 5.74) is 4.15. The Morgan fingerprint density at radius 2 is 1.76 bits per heavy atom. The molecular weight excluding hydrogens is 454 g/mol. The topological polar surface area (TPSA) is 88.2 Å². The zero-order chi connectivity index (χ0) is 24.0. The van der Waals surface area contributed by atoms with E-state index in [0.717, 1.165) is 21.6 Å². The number of sulfonamides is 1. The van der Waals surface area contributed by atoms with Crippen LogP contribution >= 0.6 is 11.8 Å². The Kier molecular flexibility index (Phi) is 8.29. The van der Waals surface area contributed by atoms with Crippen LogP contribution < -0.4 is 10.0 Å². The SMILES string of the molecule is Cc1ccc(C)c(Sc2ncccc2C(=O)NCc2ccccc2CS(=O)(=O)NC(C)C)c1. The van der Waals surface area contributed by atoms with Crippen molar-refractivity contribution in [1.82, 2.24) is 15.0 Å². The van der Waals surface area contributed by atoms with Gasteiger partial charge in [-0.2, -0.15) is 0 Å². The number of rotatable bonds is 9. The summed E-state index contributed by atoms with van der Waals surface area (Å²) in [6.07, 6.45) is 1.67. The molecule has 0 aliphatic heterocycles. The number of benzene rings is 2. The third-order valence-electron chi connectivity index (χ3n) is 4.88. The van der Waals surface area contributed by atoms with Crippen LogP contribution in [-0.4, -0.2) is 25.4 Å². The fourth-order valence-electron chi connectivity index (χ4n) is 3.31. The maximum Gasteiger partial charge on any atom is 0.254 e. The van der Waals surface area contributed by atoms with Crippen molar-refractivity contribution in [2.45, 2.75) is 56.0 Å². The van der Waals surface area contributed by atoms with Crippen molar-refractivity contribution in [3.8, 4) is 0 Å². The summed E-state index contributed by atoms with van der Waals surface area (Å²) < 4.78 is 27.4. The van der Waals surface area contributed by atoms with E-state index in [1.807, 2.05) is 26.0 Å². The molecule has 1 aromatic heterocycles. The van der Waals surface area contributed by atoms with Gasteiger partial charge in [0, 0.05) is 23.7 Å². The summed E-state index contributed by atoms with van der Waals surface area (Å²) in [5.74, 6) is -0.397. The maximum atomic E-state index is 13.0. The number of nitrogens with one attached hydrogen (secondary N) is 2. The van der Waals surface area contributed by atoms with E-state index in [2.05, 4.69) is 33.2 Å². The van der Waals surface area contributed by atoms with Gasteiger partial charge >= 0.3 is 0 Å². The molecule has 1 amide bonds. The van der Waals surface area contributed by atoms with Crippen molar-refractivity contribution < 1.29 is 13.2 Å². The van der Waals surface area contributed by atoms with Crippen LogP contribution in [0.2, 0.25) is 0 Å². The quantitative estimate of drug-likeness (QED) is 0.464. The van der Waals surface area contributed by atoms with Crippen LogP contribution in [0.1, 0.15) is 46.5 Å². The Balaban J connectivity index is 1.76. The highest BCUT2D eigenvalue weighted by molar-refractivity contribution is 7.99. The number of nitrogens with zero attached hydrogens (tertiary/aromatic N) is 1. The molecule has 33 heavy (non-hydrogen) atoms. The molecular formula is C25H29N3O3S2. The minimum atomic E-state index is -3.47. The lowest BCUT2D eigenvalue weighted by Crippen LogP contribution is -2.32. The van der Waals surface area contributed by atoms with Crippen LogP contribution in [0.15, 0.2) is 70.7 Å². The Hall–Kier alpha value is -2.68. The molecule has 3 rings (SSSR count). The molecule has 0 atom stereocenters. The molecule has 0 unspecified atom stereocenters. The van der Waals surface area contributed by atoms with Crippen LogP contribution in [0.4, 0.5) is 0 Å². The monoisotopic (exact) mass is 483 g/mol. The van der Waals surface area contributed by atoms with E-state index in [1.54, 1.807) is 44.3 Å². The van der Waals surface area contributed by atoms with Gasteiger partial charge in [0.1, 0.15) is 5.03 Å². The number of aryl methyl sites for hydroxylation is 2. The molecule has 1 heterocycles. The zero-order valence-corrected chi connectivity index (χ0v) is 20.9. The van der Waals surface area contributed by atoms with Gasteiger partial charge in [0.15, 0.2) is 0 Å². The summed E-state index contributed by atoms with van der Waals surface area (Å²) in [7, 11) is -3.47. The van der Waals surface area contributed by atoms with Crippen molar-refractivity contribution in [3.05, 3.63) is 88.6 Å². The zero-order valence-electron chi connectivity index (χ0n) is 19.3. The normalized spacial score (nSPS) is 11.5. The van der Waals surface area contributed by atoms with Crippen LogP contribution in [0.3, 0.4) is 0 Å². The summed E-state index contributed by atoms with van der Waals surface area (Å²) in [5, 5.41) is 3.55. The molecule has 0 bridgehead atoms. The molecule has 6 nitrogen and oxygen atoms in total. The number of aromatic nitrogens is 1. The van der Waals surface area contributed by atoms with E-state index < -0.39 is 10.0 Å². The number of carbonyl (C=O) groups excluding carboxylic acids is 1. The summed E-state index contributed by atoms with van der Waals surface area (Å²) >= 11 is 1.46. The molecule has 0 aliphatic carbocycles. The van der Waals surface area contributed by atoms with Gasteiger partial charge in [-0.3, -0.25) is 4.79 Å². The average Bonchev–Trinajstić information content (AvgIpc) is 2.74. The molecule has 0 radical (unpaired) electrons. The third kappa shape index (κ3) is 7.15. The minimum absolute atomic E-state index is 0.141. The third-order valence-corrected chi connectivity index (χ3v) is 7.58. The predicted octanol–water partition coefficient (Wildman–Crippen LogP) is 4.61. The van der Waals surface area contributed by atoms with Crippen molar-refractivity contribution in [2.75, 3.05) is 0 Å². The maximum absolute atomic E-state index is 13.0. The van der Waals surface area contributed by atoms with Crippen molar-refractivity contribution in [1.29, 1.82) is 0 Å². The number of carbonyl (C=O) groups is 1. The number of pyridine rings is 1. The molecule has 0 saturated heterocycles. The second kappa shape index (κ2) is 11.0. The van der Waals surface area contributed by atoms with Gasteiger partial charge < -0.3 is 5.32 Å². The smallest absolute Gasteiger partial charge is 0.254 e. The molecule has 0 aliphatic rings. The van der Waals surface area contributed by atoms with Gasteiger partial charge in [0.25, 0.3) is 5.91 Å². The Morgan fingerprint density at radius 1 is 1.03 bits per heavy atom. The molecule has 174 valence electrons. The van der Waals surface area contributed by atoms with Crippen LogP contribution in [0, 0.1) is 13.8 Å². The van der Waals surface area contributed by atoms with E-state index in [0.29, 0.717) is 16.2 Å². The van der Waals surface area contributed by atoms with E-state index in [1.165, 1.54) is 11.8 Å². The van der Waals surface area contributed by atoms with E-state index in [9.17, 15) is 13.2 Å². The average molecular weight is 484 g/mol. The van der Waals surface area contributed by atoms with Crippen molar-refractivity contribution in [3.63, 3.8) is 0 Å². The van der Waals surface area contributed by atoms with E-state index in [-0.39, 0.29) is 24.2 Å². The molecule has 0 spiro atoms. The highest BCUT2D eigenvalue weighted by Gasteiger charge is 2.17. The first-order valence-electron chi connectivity index (χ1n) is 10.7. The highest BCUT2D eigenvalue weighted by Crippen LogP contribution is 2.31. The standard InChI is InChI=1S/C25H29N3O3S2/c1-17(2)28-33(30,31)16-21-9-6-5-8-20(21)15-27-24(29)22-10-7-13-26-25(22)32-23-14-18(3)11-12-19(23)4/h5-14,17,28H,15-16H2,1-4H3,(H,27,29). The van der Waals surface area contributed by atoms with Crippen molar-refractivity contribution >= 4 is 27.7 Å². The number of hydrogen-bond acceptors (Lipinski definition) is 5. The fourth-order valence-corrected chi connectivity index (χ4v) is 5.87. The largest absolute Gasteiger partial charge is 0.348 e. The fraction of sp³-hybridized carbons (Fsp3) is 0.280. The first kappa shape index (κ1) is 25.0. The van der Waals surface area contributed by atoms with Crippen LogP contribution in [0.25, 0.3) is 0 Å². The second-order valence-corrected chi connectivity index (χ2v) is 11.0. The highest BCUT2D eigenvalue weighted by atomic mass is 32.2. The van der Waals surface area contributed by atoms with Gasteiger partial charge in [-0.15, -0.1) is 0 Å². The van der Waals surface area contributed by atoms with Gasteiger partial charge in [0.2, 0.25) is 10.0 Å². The van der Waals surface area contributed by atoms with Gasteiger partial charge in [0.05, 0.1) is 11.3 Å². The van der Waals surface area contributed by atoms with Crippen LogP contribution in [0.5, 0.6) is 0 Å². The lowest BCUT2D eigenvalue weighted by Gasteiger charge is -2.14. The van der Waals surface area contributed by atoms with E-state index >= 15 is 0 Å². The molecule has 2 N–H and O–H groups in total. The lowest BCUT2D eigenvalue weighted by molar-refractivity contribution is 0.0947. The number of amides is 1. The second-order valence-electron chi connectivity index (χ2n) is 8.21. The minimum Gasteiger partial charge on any atom is -0.348 e. The molecule has 8 heteroatoms. The first-order chi connectivity index (χ1) is 15.6. The van der Waals surface area contributed by atoms with E-state index in [4.69, 9.17) is 0 Å². The summed E-state index contributed by atoms with van der Waals surface area (Å²) in [6, 6.07) is 16.7. The Bertz CT molecular complexity index is 1240. The number of hydrogen-bond donors (Lipinski definition) is 2. The van der Waals surface area contributed by atoms with Crippen LogP contribution in [-0.2, 0) is 22.3 Å². The molecule has 0 saturated carbocycles. The van der Waals surface area contributed by atoms with Gasteiger partial charge in [-0.05, 0) is 68.1 Å². The Labute approximate surface area is 200 Å². The summed E-state index contributed by atoms with van der Waals surface area (Å²) in [6.45, 7) is 7.85. The predicted molar refractivity (Wildman–Crippen MR) is 133 cm³/mol. The molecule has 0 fully saturated rings. The Morgan fingerprint density at radius 3 is 2.48 bits per heavy atom. The van der Waals surface area contributed by atoms with Gasteiger partial charge in [-0.25, -0.2) is 18.1 Å². The van der Waals surface area contributed by atoms with Gasteiger partial charge in [-0.1, -0.05) is 48.2 Å². The van der Waals surface area contributed by atoms with Crippen molar-refractivity contribution in [2.24, 2.45) is 0 Å². The summed E-state index contributed by atoms with van der Waals surface area (Å²) in [4.78, 5) is 18.5. The first-order valence-corrected chi connectivity index (χ1v) is 13.2.